The summed E-state index contributed by atoms with van der Waals surface area (Å²) in [6.07, 6.45) is 3.63. The van der Waals surface area contributed by atoms with E-state index < -0.39 is 0 Å². The number of carbonyl (C=O) groups excluding carboxylic acids is 1. The molecule has 3 heterocycles. The second kappa shape index (κ2) is 6.76. The van der Waals surface area contributed by atoms with Crippen LogP contribution >= 0.6 is 0 Å². The molecule has 26 heavy (non-hydrogen) atoms. The largest absolute Gasteiger partial charge is 0.350 e. The molecule has 1 aliphatic heterocycles. The lowest BCUT2D eigenvalue weighted by Gasteiger charge is -2.35. The van der Waals surface area contributed by atoms with Gasteiger partial charge < -0.3 is 19.3 Å². The Kier molecular flexibility index (Phi) is 4.30. The molecule has 1 amide bonds. The fraction of sp³-hybridized carbons (Fsp3) is 0.316. The Bertz CT molecular complexity index is 912. The molecule has 0 bridgehead atoms. The Balaban J connectivity index is 1.60. The molecular formula is C19H21N5O2. The first-order valence-corrected chi connectivity index (χ1v) is 8.66. The number of aromatic nitrogens is 3. The van der Waals surface area contributed by atoms with Crippen LogP contribution in [0.2, 0.25) is 0 Å². The van der Waals surface area contributed by atoms with Gasteiger partial charge in [-0.15, -0.1) is 0 Å². The van der Waals surface area contributed by atoms with E-state index in [1.165, 1.54) is 5.56 Å². The van der Waals surface area contributed by atoms with E-state index in [9.17, 15) is 4.79 Å². The maximum atomic E-state index is 13.0. The summed E-state index contributed by atoms with van der Waals surface area (Å²) >= 11 is 0. The van der Waals surface area contributed by atoms with Gasteiger partial charge in [0.2, 0.25) is 5.76 Å². The van der Waals surface area contributed by atoms with Gasteiger partial charge in [0.05, 0.1) is 0 Å². The van der Waals surface area contributed by atoms with Crippen LogP contribution in [-0.2, 0) is 7.05 Å². The van der Waals surface area contributed by atoms with Crippen LogP contribution in [0.3, 0.4) is 0 Å². The number of amides is 1. The Morgan fingerprint density at radius 2 is 2.12 bits per heavy atom. The van der Waals surface area contributed by atoms with E-state index >= 15 is 0 Å². The van der Waals surface area contributed by atoms with Gasteiger partial charge in [-0.2, -0.15) is 0 Å². The second-order valence-corrected chi connectivity index (χ2v) is 6.56. The molecular weight excluding hydrogens is 330 g/mol. The van der Waals surface area contributed by atoms with Crippen LogP contribution in [0, 0.1) is 6.92 Å². The topological polar surface area (TPSA) is 76.2 Å². The molecule has 0 radical (unpaired) electrons. The number of nitrogens with one attached hydrogen (secondary N) is 1. The monoisotopic (exact) mass is 351 g/mol. The third-order valence-electron chi connectivity index (χ3n) is 4.73. The smallest absolute Gasteiger partial charge is 0.293 e. The minimum absolute atomic E-state index is 0.135. The van der Waals surface area contributed by atoms with E-state index in [0.717, 1.165) is 17.9 Å². The summed E-state index contributed by atoms with van der Waals surface area (Å²) in [6.45, 7) is 4.03. The highest BCUT2D eigenvalue weighted by Crippen LogP contribution is 2.25. The molecule has 1 fully saturated rings. The normalized spacial score (nSPS) is 17.5. The Morgan fingerprint density at radius 3 is 2.85 bits per heavy atom. The van der Waals surface area contributed by atoms with Gasteiger partial charge in [0.1, 0.15) is 17.6 Å². The fourth-order valence-corrected chi connectivity index (χ4v) is 3.25. The Hall–Kier alpha value is -2.93. The third-order valence-corrected chi connectivity index (χ3v) is 4.73. The lowest BCUT2D eigenvalue weighted by atomic mass is 10.1. The highest BCUT2D eigenvalue weighted by atomic mass is 16.5. The molecule has 1 aromatic carbocycles. The summed E-state index contributed by atoms with van der Waals surface area (Å²) < 4.78 is 7.31. The van der Waals surface area contributed by atoms with Crippen LogP contribution in [-0.4, -0.2) is 45.1 Å². The summed E-state index contributed by atoms with van der Waals surface area (Å²) in [7, 11) is 1.93. The average Bonchev–Trinajstić information content (AvgIpc) is 3.31. The zero-order chi connectivity index (χ0) is 18.1. The number of aryl methyl sites for hydroxylation is 2. The fourth-order valence-electron chi connectivity index (χ4n) is 3.25. The number of piperazine rings is 1. The highest BCUT2D eigenvalue weighted by molar-refractivity contribution is 5.92. The first kappa shape index (κ1) is 16.5. The molecule has 1 unspecified atom stereocenters. The molecule has 1 saturated heterocycles. The SMILES string of the molecule is Cc1ccc(-c2cc(C(=O)N3CCNCC3c3nccn3C)on2)cc1. The molecule has 1 atom stereocenters. The number of rotatable bonds is 3. The molecule has 0 saturated carbocycles. The minimum atomic E-state index is -0.162. The van der Waals surface area contributed by atoms with E-state index in [1.807, 2.05) is 49.0 Å². The Labute approximate surface area is 151 Å². The van der Waals surface area contributed by atoms with Crippen LogP contribution in [0.4, 0.5) is 0 Å². The predicted octanol–water partition coefficient (Wildman–Crippen LogP) is 2.17. The van der Waals surface area contributed by atoms with Crippen molar-refractivity contribution in [1.29, 1.82) is 0 Å². The quantitative estimate of drug-likeness (QED) is 0.783. The van der Waals surface area contributed by atoms with E-state index in [1.54, 1.807) is 17.2 Å². The number of carbonyl (C=O) groups is 1. The number of benzene rings is 1. The molecule has 0 aliphatic carbocycles. The van der Waals surface area contributed by atoms with Crippen LogP contribution in [0.1, 0.15) is 28.0 Å². The maximum absolute atomic E-state index is 13.0. The number of hydrogen-bond acceptors (Lipinski definition) is 5. The highest BCUT2D eigenvalue weighted by Gasteiger charge is 2.32. The van der Waals surface area contributed by atoms with Crippen molar-refractivity contribution in [3.8, 4) is 11.3 Å². The van der Waals surface area contributed by atoms with Crippen LogP contribution in [0.15, 0.2) is 47.2 Å². The predicted molar refractivity (Wildman–Crippen MR) is 96.5 cm³/mol. The summed E-state index contributed by atoms with van der Waals surface area (Å²) in [4.78, 5) is 19.3. The number of imidazole rings is 1. The van der Waals surface area contributed by atoms with Gasteiger partial charge in [0.15, 0.2) is 0 Å². The van der Waals surface area contributed by atoms with Crippen molar-refractivity contribution in [3.05, 3.63) is 59.9 Å². The first-order chi connectivity index (χ1) is 12.6. The molecule has 1 aliphatic rings. The lowest BCUT2D eigenvalue weighted by molar-refractivity contribution is 0.0578. The van der Waals surface area contributed by atoms with Crippen molar-refractivity contribution in [1.82, 2.24) is 24.9 Å². The van der Waals surface area contributed by atoms with E-state index in [2.05, 4.69) is 15.5 Å². The van der Waals surface area contributed by atoms with Crippen molar-refractivity contribution < 1.29 is 9.32 Å². The van der Waals surface area contributed by atoms with Gasteiger partial charge in [-0.05, 0) is 6.92 Å². The number of hydrogen-bond donors (Lipinski definition) is 1. The molecule has 1 N–H and O–H groups in total. The minimum Gasteiger partial charge on any atom is -0.350 e. The summed E-state index contributed by atoms with van der Waals surface area (Å²) in [5.74, 6) is 0.941. The van der Waals surface area contributed by atoms with Gasteiger partial charge in [-0.25, -0.2) is 4.98 Å². The van der Waals surface area contributed by atoms with Gasteiger partial charge in [0.25, 0.3) is 5.91 Å². The van der Waals surface area contributed by atoms with Crippen LogP contribution in [0.5, 0.6) is 0 Å². The molecule has 2 aromatic heterocycles. The van der Waals surface area contributed by atoms with Gasteiger partial charge in [-0.3, -0.25) is 4.79 Å². The van der Waals surface area contributed by atoms with Crippen LogP contribution < -0.4 is 5.32 Å². The van der Waals surface area contributed by atoms with E-state index in [0.29, 0.717) is 18.8 Å². The van der Waals surface area contributed by atoms with Crippen molar-refractivity contribution in [2.75, 3.05) is 19.6 Å². The Morgan fingerprint density at radius 1 is 1.31 bits per heavy atom. The van der Waals surface area contributed by atoms with Crippen molar-refractivity contribution in [2.24, 2.45) is 7.05 Å². The molecule has 4 rings (SSSR count). The average molecular weight is 351 g/mol. The van der Waals surface area contributed by atoms with Crippen molar-refractivity contribution >= 4 is 5.91 Å². The first-order valence-electron chi connectivity index (χ1n) is 8.66. The zero-order valence-electron chi connectivity index (χ0n) is 14.8. The standard InChI is InChI=1S/C19H21N5O2/c1-13-3-5-14(6-4-13)15-11-17(26-22-15)19(25)24-10-7-20-12-16(24)18-21-8-9-23(18)2/h3-6,8-9,11,16,20H,7,10,12H2,1-2H3. The third kappa shape index (κ3) is 3.01. The summed E-state index contributed by atoms with van der Waals surface area (Å²) in [6, 6.07) is 9.55. The van der Waals surface area contributed by atoms with Crippen LogP contribution in [0.25, 0.3) is 11.3 Å². The molecule has 0 spiro atoms. The van der Waals surface area contributed by atoms with Crippen molar-refractivity contribution in [3.63, 3.8) is 0 Å². The van der Waals surface area contributed by atoms with Gasteiger partial charge in [0, 0.05) is 50.7 Å². The van der Waals surface area contributed by atoms with Gasteiger partial charge >= 0.3 is 0 Å². The maximum Gasteiger partial charge on any atom is 0.293 e. The van der Waals surface area contributed by atoms with E-state index in [-0.39, 0.29) is 17.7 Å². The lowest BCUT2D eigenvalue weighted by Crippen LogP contribution is -2.49. The zero-order valence-corrected chi connectivity index (χ0v) is 14.8. The molecule has 134 valence electrons. The summed E-state index contributed by atoms with van der Waals surface area (Å²) in [5.41, 5.74) is 2.77. The molecule has 7 heteroatoms. The molecule has 7 nitrogen and oxygen atoms in total. The van der Waals surface area contributed by atoms with Gasteiger partial charge in [-0.1, -0.05) is 35.0 Å². The van der Waals surface area contributed by atoms with Crippen molar-refractivity contribution in [2.45, 2.75) is 13.0 Å². The number of nitrogens with zero attached hydrogens (tertiary/aromatic N) is 4. The summed E-state index contributed by atoms with van der Waals surface area (Å²) in [5, 5.41) is 7.41. The van der Waals surface area contributed by atoms with E-state index in [4.69, 9.17) is 4.52 Å². The second-order valence-electron chi connectivity index (χ2n) is 6.56. The molecule has 3 aromatic rings.